The van der Waals surface area contributed by atoms with Gasteiger partial charge < -0.3 is 4.98 Å². The topological polar surface area (TPSA) is 79.8 Å². The van der Waals surface area contributed by atoms with Gasteiger partial charge in [-0.3, -0.25) is 4.68 Å². The maximum absolute atomic E-state index is 14.1. The van der Waals surface area contributed by atoms with Gasteiger partial charge in [0.25, 0.3) is 0 Å². The molecule has 4 rings (SSSR count). The highest BCUT2D eigenvalue weighted by atomic mass is 32.2. The summed E-state index contributed by atoms with van der Waals surface area (Å²) in [4.78, 5) is 2.71. The van der Waals surface area contributed by atoms with Crippen molar-refractivity contribution in [2.24, 2.45) is 0 Å². The number of aromatic nitrogens is 3. The number of benzene rings is 2. The lowest BCUT2D eigenvalue weighted by molar-refractivity contribution is 0.580. The fraction of sp³-hybridized carbons (Fsp3) is 0.105. The van der Waals surface area contributed by atoms with Gasteiger partial charge in [0.2, 0.25) is 10.0 Å². The molecule has 4 aromatic rings. The van der Waals surface area contributed by atoms with Crippen LogP contribution >= 0.6 is 0 Å². The molecule has 2 N–H and O–H groups in total. The van der Waals surface area contributed by atoms with E-state index in [1.807, 2.05) is 36.5 Å². The molecule has 0 amide bonds. The van der Waals surface area contributed by atoms with E-state index in [0.717, 1.165) is 11.1 Å². The molecule has 0 atom stereocenters. The van der Waals surface area contributed by atoms with Crippen LogP contribution < -0.4 is 4.72 Å². The Balaban J connectivity index is 1.60. The maximum atomic E-state index is 14.1. The molecule has 2 aromatic heterocycles. The highest BCUT2D eigenvalue weighted by molar-refractivity contribution is 7.89. The monoisotopic (exact) mass is 384 g/mol. The van der Waals surface area contributed by atoms with Crippen LogP contribution in [0.25, 0.3) is 10.9 Å². The number of fused-ring (bicyclic) bond motifs is 1. The summed E-state index contributed by atoms with van der Waals surface area (Å²) >= 11 is 0. The lowest BCUT2D eigenvalue weighted by atomic mass is 10.1. The quantitative estimate of drug-likeness (QED) is 0.536. The highest BCUT2D eigenvalue weighted by Crippen LogP contribution is 2.25. The van der Waals surface area contributed by atoms with Crippen molar-refractivity contribution in [3.05, 3.63) is 84.1 Å². The van der Waals surface area contributed by atoms with Crippen molar-refractivity contribution in [3.63, 3.8) is 0 Å². The number of halogens is 1. The van der Waals surface area contributed by atoms with E-state index < -0.39 is 15.8 Å². The normalized spacial score (nSPS) is 11.9. The predicted molar refractivity (Wildman–Crippen MR) is 100 cm³/mol. The third-order valence-corrected chi connectivity index (χ3v) is 5.80. The molecule has 6 nitrogen and oxygen atoms in total. The van der Waals surface area contributed by atoms with Crippen LogP contribution in [0.5, 0.6) is 0 Å². The molecule has 0 aliphatic heterocycles. The molecule has 0 aliphatic carbocycles. The minimum Gasteiger partial charge on any atom is -0.360 e. The van der Waals surface area contributed by atoms with Gasteiger partial charge in [-0.05, 0) is 29.3 Å². The summed E-state index contributed by atoms with van der Waals surface area (Å²) in [6, 6.07) is 13.8. The first-order chi connectivity index (χ1) is 13.0. The van der Waals surface area contributed by atoms with Gasteiger partial charge in [-0.2, -0.15) is 5.10 Å². The smallest absolute Gasteiger partial charge is 0.243 e. The Morgan fingerprint density at radius 2 is 1.89 bits per heavy atom. The summed E-state index contributed by atoms with van der Waals surface area (Å²) < 4.78 is 44.0. The van der Waals surface area contributed by atoms with Gasteiger partial charge in [-0.15, -0.1) is 0 Å². The number of hydrogen-bond acceptors (Lipinski definition) is 3. The van der Waals surface area contributed by atoms with E-state index in [9.17, 15) is 12.8 Å². The van der Waals surface area contributed by atoms with Crippen molar-refractivity contribution in [2.75, 3.05) is 0 Å². The Morgan fingerprint density at radius 3 is 2.67 bits per heavy atom. The van der Waals surface area contributed by atoms with E-state index in [0.29, 0.717) is 12.1 Å². The summed E-state index contributed by atoms with van der Waals surface area (Å²) in [5, 5.41) is 4.24. The number of hydrogen-bond donors (Lipinski definition) is 2. The lowest BCUT2D eigenvalue weighted by Gasteiger charge is -2.11. The van der Waals surface area contributed by atoms with Crippen molar-refractivity contribution in [1.29, 1.82) is 0 Å². The average molecular weight is 384 g/mol. The second-order valence-corrected chi connectivity index (χ2v) is 7.85. The first-order valence-electron chi connectivity index (χ1n) is 8.34. The average Bonchev–Trinajstić information content (AvgIpc) is 3.31. The Kier molecular flexibility index (Phi) is 4.51. The van der Waals surface area contributed by atoms with E-state index in [1.165, 1.54) is 18.3 Å². The SMILES string of the molecule is O=S(=O)(NCc1ccccc1Cn1cccn1)c1c[nH]c2cccc(F)c12. The van der Waals surface area contributed by atoms with Crippen LogP contribution in [0.1, 0.15) is 11.1 Å². The van der Waals surface area contributed by atoms with Gasteiger partial charge in [-0.1, -0.05) is 30.3 Å². The largest absolute Gasteiger partial charge is 0.360 e. The number of H-pyrrole nitrogens is 1. The number of rotatable bonds is 6. The molecule has 0 spiro atoms. The van der Waals surface area contributed by atoms with Crippen LogP contribution in [0.15, 0.2) is 72.0 Å². The zero-order chi connectivity index (χ0) is 18.9. The molecule has 2 heterocycles. The van der Waals surface area contributed by atoms with Crippen molar-refractivity contribution in [3.8, 4) is 0 Å². The van der Waals surface area contributed by atoms with Gasteiger partial charge in [0.05, 0.1) is 11.9 Å². The number of sulfonamides is 1. The molecule has 0 radical (unpaired) electrons. The Morgan fingerprint density at radius 1 is 1.07 bits per heavy atom. The molecular formula is C19H17FN4O2S. The van der Waals surface area contributed by atoms with Crippen LogP contribution in [0.4, 0.5) is 4.39 Å². The second kappa shape index (κ2) is 6.98. The van der Waals surface area contributed by atoms with Crippen LogP contribution in [0.2, 0.25) is 0 Å². The van der Waals surface area contributed by atoms with Crippen LogP contribution in [0, 0.1) is 5.82 Å². The third-order valence-electron chi connectivity index (χ3n) is 4.37. The van der Waals surface area contributed by atoms with Crippen molar-refractivity contribution in [2.45, 2.75) is 18.0 Å². The first-order valence-corrected chi connectivity index (χ1v) is 9.82. The molecule has 138 valence electrons. The van der Waals surface area contributed by atoms with Crippen molar-refractivity contribution < 1.29 is 12.8 Å². The molecule has 0 saturated heterocycles. The molecule has 0 saturated carbocycles. The molecule has 0 bridgehead atoms. The zero-order valence-electron chi connectivity index (χ0n) is 14.3. The van der Waals surface area contributed by atoms with Gasteiger partial charge in [-0.25, -0.2) is 17.5 Å². The van der Waals surface area contributed by atoms with Crippen molar-refractivity contribution in [1.82, 2.24) is 19.5 Å². The number of nitrogens with zero attached hydrogens (tertiary/aromatic N) is 2. The van der Waals surface area contributed by atoms with Gasteiger partial charge >= 0.3 is 0 Å². The molecule has 0 aliphatic rings. The summed E-state index contributed by atoms with van der Waals surface area (Å²) in [6.07, 6.45) is 4.85. The molecule has 8 heteroatoms. The third kappa shape index (κ3) is 3.49. The van der Waals surface area contributed by atoms with E-state index in [-0.39, 0.29) is 16.8 Å². The lowest BCUT2D eigenvalue weighted by Crippen LogP contribution is -2.24. The second-order valence-electron chi connectivity index (χ2n) is 6.11. The molecule has 0 fully saturated rings. The van der Waals surface area contributed by atoms with E-state index in [4.69, 9.17) is 0 Å². The van der Waals surface area contributed by atoms with Crippen LogP contribution in [-0.2, 0) is 23.1 Å². The van der Waals surface area contributed by atoms with E-state index >= 15 is 0 Å². The molecular weight excluding hydrogens is 367 g/mol. The molecule has 27 heavy (non-hydrogen) atoms. The fourth-order valence-corrected chi connectivity index (χ4v) is 4.22. The summed E-state index contributed by atoms with van der Waals surface area (Å²) in [5.41, 5.74) is 2.22. The Bertz CT molecular complexity index is 1180. The summed E-state index contributed by atoms with van der Waals surface area (Å²) in [7, 11) is -3.89. The van der Waals surface area contributed by atoms with E-state index in [2.05, 4.69) is 14.8 Å². The van der Waals surface area contributed by atoms with Gasteiger partial charge in [0.1, 0.15) is 10.7 Å². The highest BCUT2D eigenvalue weighted by Gasteiger charge is 2.21. The van der Waals surface area contributed by atoms with Crippen LogP contribution in [0.3, 0.4) is 0 Å². The summed E-state index contributed by atoms with van der Waals surface area (Å²) in [5.74, 6) is -0.576. The Labute approximate surface area is 155 Å². The zero-order valence-corrected chi connectivity index (χ0v) is 15.1. The fourth-order valence-electron chi connectivity index (χ4n) is 3.03. The van der Waals surface area contributed by atoms with Gasteiger partial charge in [0, 0.05) is 30.7 Å². The van der Waals surface area contributed by atoms with Gasteiger partial charge in [0.15, 0.2) is 0 Å². The minimum atomic E-state index is -3.89. The van der Waals surface area contributed by atoms with E-state index in [1.54, 1.807) is 16.9 Å². The predicted octanol–water partition coefficient (Wildman–Crippen LogP) is 3.03. The summed E-state index contributed by atoms with van der Waals surface area (Å²) in [6.45, 7) is 0.632. The number of aromatic amines is 1. The maximum Gasteiger partial charge on any atom is 0.243 e. The Hall–Kier alpha value is -2.97. The minimum absolute atomic E-state index is 0.0647. The molecule has 0 unspecified atom stereocenters. The number of nitrogens with one attached hydrogen (secondary N) is 2. The standard InChI is InChI=1S/C19H17FN4O2S/c20-16-7-3-8-17-19(16)18(12-21-17)27(25,26)23-11-14-5-1-2-6-15(14)13-24-10-4-9-22-24/h1-10,12,21,23H,11,13H2. The molecule has 2 aromatic carbocycles. The first kappa shape index (κ1) is 17.4. The van der Waals surface area contributed by atoms with Crippen molar-refractivity contribution >= 4 is 20.9 Å². The van der Waals surface area contributed by atoms with Crippen LogP contribution in [-0.4, -0.2) is 23.2 Å².